The minimum Gasteiger partial charge on any atom is -0.343 e. The lowest BCUT2D eigenvalue weighted by molar-refractivity contribution is -0.911. The molecule has 2 aromatic rings. The third kappa shape index (κ3) is 5.57. The van der Waals surface area contributed by atoms with Crippen molar-refractivity contribution in [2.24, 2.45) is 11.8 Å². The molecule has 198 valence electrons. The van der Waals surface area contributed by atoms with Gasteiger partial charge in [-0.25, -0.2) is 0 Å². The van der Waals surface area contributed by atoms with Crippen LogP contribution in [0.5, 0.6) is 0 Å². The molecule has 1 aromatic heterocycles. The molecular weight excluding hydrogens is 622 g/mol. The van der Waals surface area contributed by atoms with Crippen LogP contribution in [-0.2, 0) is 22.4 Å². The van der Waals surface area contributed by atoms with Crippen LogP contribution in [0.15, 0.2) is 33.3 Å². The number of fused-ring (bicyclic) bond motifs is 2. The number of benzene rings is 1. The normalized spacial score (nSPS) is 20.8. The Morgan fingerprint density at radius 2 is 1.73 bits per heavy atom. The number of hydrogen-bond acceptors (Lipinski definition) is 3. The predicted octanol–water partition coefficient (Wildman–Crippen LogP) is 5.51. The number of hydrogen-bond donors (Lipinski definition) is 1. The first-order chi connectivity index (χ1) is 17.7. The molecular formula is C28H33Br2ClN3O3+. The number of amides is 2. The van der Waals surface area contributed by atoms with E-state index in [9.17, 15) is 14.8 Å². The molecule has 37 heavy (non-hydrogen) atoms. The Kier molecular flexibility index (Phi) is 8.18. The average molecular weight is 655 g/mol. The highest BCUT2D eigenvalue weighted by atomic mass is 79.9. The summed E-state index contributed by atoms with van der Waals surface area (Å²) in [6.45, 7) is 4.59. The van der Waals surface area contributed by atoms with Crippen LogP contribution in [0.1, 0.15) is 67.3 Å². The molecule has 0 spiro atoms. The van der Waals surface area contributed by atoms with E-state index in [2.05, 4.69) is 44.0 Å². The highest BCUT2D eigenvalue weighted by Gasteiger charge is 2.41. The van der Waals surface area contributed by atoms with E-state index in [-0.39, 0.29) is 17.7 Å². The van der Waals surface area contributed by atoms with Gasteiger partial charge in [0.25, 0.3) is 0 Å². The summed E-state index contributed by atoms with van der Waals surface area (Å²) in [5, 5.41) is 11.8. The number of pyridine rings is 1. The lowest BCUT2D eigenvalue weighted by Gasteiger charge is -2.37. The molecule has 0 unspecified atom stereocenters. The standard InChI is InChI=1S/C28H33Br2ClN3O3/c1-17(35)32-10-6-18(7-11-32)14-25(36)33-12-8-19(9-13-33)26-22-4-5-24(31)27(30)23(22)3-2-20-15-21(29)16-34(37)28(20)26/h4-5,15-16,18-19,26,37H,2-3,6-14H2,1H3/q+1/t26-/m1/s1. The molecule has 0 saturated carbocycles. The molecule has 1 aromatic carbocycles. The summed E-state index contributed by atoms with van der Waals surface area (Å²) in [7, 11) is 0. The number of halogens is 3. The Hall–Kier alpha value is -1.64. The summed E-state index contributed by atoms with van der Waals surface area (Å²) in [6, 6.07) is 6.18. The molecule has 0 radical (unpaired) electrons. The topological polar surface area (TPSA) is 64.7 Å². The Bertz CT molecular complexity index is 1210. The van der Waals surface area contributed by atoms with Gasteiger partial charge in [-0.15, -0.1) is 0 Å². The Balaban J connectivity index is 1.33. The van der Waals surface area contributed by atoms with E-state index in [1.807, 2.05) is 15.9 Å². The van der Waals surface area contributed by atoms with E-state index in [0.29, 0.717) is 23.3 Å². The van der Waals surface area contributed by atoms with Crippen LogP contribution in [0, 0.1) is 11.8 Å². The maximum atomic E-state index is 13.2. The Morgan fingerprint density at radius 3 is 2.41 bits per heavy atom. The molecule has 3 aliphatic rings. The van der Waals surface area contributed by atoms with Crippen LogP contribution < -0.4 is 4.73 Å². The summed E-state index contributed by atoms with van der Waals surface area (Å²) in [6.07, 6.45) is 7.53. The van der Waals surface area contributed by atoms with Gasteiger partial charge in [-0.05, 0) is 105 Å². The van der Waals surface area contributed by atoms with E-state index < -0.39 is 0 Å². The molecule has 9 heteroatoms. The third-order valence-corrected chi connectivity index (χ3v) is 10.4. The van der Waals surface area contributed by atoms with Gasteiger partial charge >= 0.3 is 0 Å². The maximum absolute atomic E-state index is 13.2. The van der Waals surface area contributed by atoms with E-state index in [1.54, 1.807) is 13.1 Å². The van der Waals surface area contributed by atoms with Gasteiger partial charge in [0.15, 0.2) is 0 Å². The Labute approximate surface area is 240 Å². The van der Waals surface area contributed by atoms with Gasteiger partial charge in [0.2, 0.25) is 23.7 Å². The van der Waals surface area contributed by atoms with Crippen molar-refractivity contribution in [2.45, 2.75) is 57.8 Å². The van der Waals surface area contributed by atoms with Crippen LogP contribution in [0.25, 0.3) is 0 Å². The second kappa shape index (κ2) is 11.2. The van der Waals surface area contributed by atoms with Crippen LogP contribution in [0.4, 0.5) is 0 Å². The van der Waals surface area contributed by atoms with Crippen LogP contribution in [0.2, 0.25) is 5.02 Å². The lowest BCUT2D eigenvalue weighted by atomic mass is 9.76. The zero-order chi connectivity index (χ0) is 26.3. The molecule has 2 amide bonds. The smallest absolute Gasteiger partial charge is 0.245 e. The van der Waals surface area contributed by atoms with Crippen molar-refractivity contribution in [3.63, 3.8) is 0 Å². The number of carbonyl (C=O) groups excluding carboxylic acids is 2. The van der Waals surface area contributed by atoms with Crippen molar-refractivity contribution >= 4 is 55.3 Å². The van der Waals surface area contributed by atoms with Crippen molar-refractivity contribution in [1.29, 1.82) is 0 Å². The minimum absolute atomic E-state index is 0.0207. The summed E-state index contributed by atoms with van der Waals surface area (Å²) in [5.41, 5.74) is 4.50. The number of carbonyl (C=O) groups is 2. The van der Waals surface area contributed by atoms with Gasteiger partial charge in [0.1, 0.15) is 0 Å². The lowest BCUT2D eigenvalue weighted by Crippen LogP contribution is -2.44. The van der Waals surface area contributed by atoms with Gasteiger partial charge in [-0.3, -0.25) is 14.8 Å². The summed E-state index contributed by atoms with van der Waals surface area (Å²) >= 11 is 13.8. The first-order valence-electron chi connectivity index (χ1n) is 13.2. The molecule has 1 atom stereocenters. The number of nitrogens with zero attached hydrogens (tertiary/aromatic N) is 3. The summed E-state index contributed by atoms with van der Waals surface area (Å²) in [4.78, 5) is 28.7. The van der Waals surface area contributed by atoms with E-state index >= 15 is 0 Å². The molecule has 2 aliphatic heterocycles. The molecule has 2 saturated heterocycles. The van der Waals surface area contributed by atoms with E-state index in [4.69, 9.17) is 11.6 Å². The maximum Gasteiger partial charge on any atom is 0.245 e. The number of piperidine rings is 2. The molecule has 2 fully saturated rings. The van der Waals surface area contributed by atoms with Gasteiger partial charge in [0, 0.05) is 54.3 Å². The number of aryl methyl sites for hydroxylation is 1. The zero-order valence-electron chi connectivity index (χ0n) is 21.1. The van der Waals surface area contributed by atoms with Crippen LogP contribution in [-0.4, -0.2) is 53.0 Å². The fourth-order valence-corrected chi connectivity index (χ4v) is 7.71. The summed E-state index contributed by atoms with van der Waals surface area (Å²) < 4.78 is 3.09. The predicted molar refractivity (Wildman–Crippen MR) is 149 cm³/mol. The second-order valence-electron chi connectivity index (χ2n) is 10.7. The molecule has 0 bridgehead atoms. The van der Waals surface area contributed by atoms with Crippen molar-refractivity contribution in [3.05, 3.63) is 60.7 Å². The van der Waals surface area contributed by atoms with Crippen LogP contribution >= 0.6 is 43.5 Å². The van der Waals surface area contributed by atoms with Crippen molar-refractivity contribution in [2.75, 3.05) is 26.2 Å². The molecule has 1 aliphatic carbocycles. The first-order valence-corrected chi connectivity index (χ1v) is 15.1. The van der Waals surface area contributed by atoms with Crippen molar-refractivity contribution in [1.82, 2.24) is 9.80 Å². The molecule has 3 heterocycles. The molecule has 5 rings (SSSR count). The van der Waals surface area contributed by atoms with Crippen LogP contribution in [0.3, 0.4) is 0 Å². The second-order valence-corrected chi connectivity index (χ2v) is 12.8. The van der Waals surface area contributed by atoms with E-state index in [1.165, 1.54) is 15.9 Å². The van der Waals surface area contributed by atoms with Gasteiger partial charge in [0.05, 0.1) is 15.4 Å². The van der Waals surface area contributed by atoms with Gasteiger partial charge < -0.3 is 9.80 Å². The zero-order valence-corrected chi connectivity index (χ0v) is 25.0. The van der Waals surface area contributed by atoms with Crippen molar-refractivity contribution in [3.8, 4) is 0 Å². The van der Waals surface area contributed by atoms with E-state index in [0.717, 1.165) is 84.9 Å². The molecule has 1 N–H and O–H groups in total. The fraction of sp³-hybridized carbons (Fsp3) is 0.536. The summed E-state index contributed by atoms with van der Waals surface area (Å²) in [5.74, 6) is 1.03. The van der Waals surface area contributed by atoms with Crippen molar-refractivity contribution < 1.29 is 19.5 Å². The van der Waals surface area contributed by atoms with Gasteiger partial charge in [-0.1, -0.05) is 17.7 Å². The SMILES string of the molecule is CC(=O)N1CCC(CC(=O)N2CCC([C@@H]3c4ccc(Cl)c(Br)c4CCc4cc(Br)c[n+](O)c43)CC2)CC1. The Morgan fingerprint density at radius 1 is 1.05 bits per heavy atom. The third-order valence-electron chi connectivity index (χ3n) is 8.53. The minimum atomic E-state index is 0.0207. The highest BCUT2D eigenvalue weighted by molar-refractivity contribution is 9.10. The number of likely N-dealkylation sites (tertiary alicyclic amines) is 2. The van der Waals surface area contributed by atoms with Gasteiger partial charge in [-0.2, -0.15) is 0 Å². The highest BCUT2D eigenvalue weighted by Crippen LogP contribution is 2.45. The molecule has 6 nitrogen and oxygen atoms in total. The average Bonchev–Trinajstić information content (AvgIpc) is 3.04. The quantitative estimate of drug-likeness (QED) is 0.351. The largest absolute Gasteiger partial charge is 0.343 e. The first kappa shape index (κ1) is 26.9. The monoisotopic (exact) mass is 652 g/mol. The number of aromatic nitrogens is 1. The number of rotatable bonds is 3. The fourth-order valence-electron chi connectivity index (χ4n) is 6.50.